The molecule has 0 aromatic carbocycles. The van der Waals surface area contributed by atoms with Crippen molar-refractivity contribution in [3.8, 4) is 10.4 Å². The average molecular weight is 468 g/mol. The maximum Gasteiger partial charge on any atom is 0.341 e. The number of thiophene rings is 1. The van der Waals surface area contributed by atoms with E-state index in [0.717, 1.165) is 10.4 Å². The van der Waals surface area contributed by atoms with Crippen molar-refractivity contribution in [2.45, 2.75) is 18.9 Å². The molecule has 1 atom stereocenters. The highest BCUT2D eigenvalue weighted by Gasteiger charge is 2.28. The number of hydrogen-bond acceptors (Lipinski definition) is 8. The van der Waals surface area contributed by atoms with Gasteiger partial charge >= 0.3 is 18.0 Å². The molecule has 33 heavy (non-hydrogen) atoms. The normalized spacial score (nSPS) is 15.5. The fourth-order valence-corrected chi connectivity index (χ4v) is 4.38. The molecule has 170 valence electrons. The van der Waals surface area contributed by atoms with Crippen LogP contribution in [0, 0.1) is 0 Å². The molecule has 0 aliphatic carbocycles. The Hall–Kier alpha value is -4.06. The molecule has 4 N–H and O–H groups in total. The molecule has 4 heterocycles. The van der Waals surface area contributed by atoms with Crippen LogP contribution in [-0.4, -0.2) is 57.1 Å². The van der Waals surface area contributed by atoms with Gasteiger partial charge in [-0.05, 0) is 25.0 Å². The van der Waals surface area contributed by atoms with Crippen molar-refractivity contribution < 1.29 is 19.1 Å². The Morgan fingerprint density at radius 3 is 2.73 bits per heavy atom. The predicted octanol–water partition coefficient (Wildman–Crippen LogP) is 2.94. The van der Waals surface area contributed by atoms with E-state index in [1.807, 2.05) is 6.07 Å². The van der Waals surface area contributed by atoms with E-state index in [4.69, 9.17) is 10.5 Å². The lowest BCUT2D eigenvalue weighted by molar-refractivity contribution is 0.0129. The number of carbonyl (C=O) groups is 3. The van der Waals surface area contributed by atoms with Gasteiger partial charge in [0.05, 0.1) is 18.3 Å². The van der Waals surface area contributed by atoms with Gasteiger partial charge in [0, 0.05) is 41.8 Å². The highest BCUT2D eigenvalue weighted by molar-refractivity contribution is 7.20. The number of piperidine rings is 1. The second-order valence-corrected chi connectivity index (χ2v) is 8.27. The van der Waals surface area contributed by atoms with Crippen LogP contribution in [0.25, 0.3) is 10.4 Å². The first-order chi connectivity index (χ1) is 16.0. The van der Waals surface area contributed by atoms with Crippen LogP contribution in [-0.2, 0) is 4.74 Å². The number of urea groups is 2. The molecule has 0 radical (unpaired) electrons. The molecule has 0 bridgehead atoms. The summed E-state index contributed by atoms with van der Waals surface area (Å²) in [6.45, 7) is 0.763. The number of nitrogens with one attached hydrogen (secondary N) is 2. The molecular weight excluding hydrogens is 446 g/mol. The van der Waals surface area contributed by atoms with Crippen LogP contribution >= 0.6 is 11.3 Å². The van der Waals surface area contributed by atoms with Gasteiger partial charge in [-0.25, -0.2) is 19.4 Å². The number of amides is 4. The average Bonchev–Trinajstić information content (AvgIpc) is 3.24. The highest BCUT2D eigenvalue weighted by atomic mass is 32.1. The molecule has 1 saturated heterocycles. The van der Waals surface area contributed by atoms with Gasteiger partial charge in [0.1, 0.15) is 11.1 Å². The van der Waals surface area contributed by atoms with Gasteiger partial charge in [-0.15, -0.1) is 11.3 Å². The largest absolute Gasteiger partial charge is 0.457 e. The number of carbonyl (C=O) groups excluding carboxylic acids is 3. The monoisotopic (exact) mass is 467 g/mol. The molecule has 4 rings (SSSR count). The standard InChI is InChI=1S/C21H21N7O4S/c22-20(30)28-8-2-4-14(12-28)32-19(29)15-9-16(13-3-1-5-23-10-13)33-18(15)27-21(31)26-17-11-24-6-7-25-17/h1,3,5-7,9-11,14H,2,4,8,12H2,(H2,22,30)(H2,25,26,27,31). The van der Waals surface area contributed by atoms with Gasteiger partial charge in [-0.3, -0.25) is 20.6 Å². The smallest absolute Gasteiger partial charge is 0.341 e. The van der Waals surface area contributed by atoms with Gasteiger partial charge in [0.15, 0.2) is 5.82 Å². The number of ether oxygens (including phenoxy) is 1. The number of anilines is 2. The van der Waals surface area contributed by atoms with Crippen molar-refractivity contribution in [3.05, 3.63) is 54.7 Å². The first-order valence-corrected chi connectivity index (χ1v) is 10.9. The second-order valence-electron chi connectivity index (χ2n) is 7.22. The van der Waals surface area contributed by atoms with E-state index in [9.17, 15) is 14.4 Å². The number of esters is 1. The number of aromatic nitrogens is 3. The van der Waals surface area contributed by atoms with Gasteiger partial charge in [0.25, 0.3) is 0 Å². The number of rotatable bonds is 5. The summed E-state index contributed by atoms with van der Waals surface area (Å²) in [4.78, 5) is 51.2. The van der Waals surface area contributed by atoms with Crippen molar-refractivity contribution in [1.29, 1.82) is 0 Å². The molecule has 0 saturated carbocycles. The quantitative estimate of drug-likeness (QED) is 0.488. The molecule has 12 heteroatoms. The zero-order chi connectivity index (χ0) is 23.2. The Labute approximate surface area is 193 Å². The van der Waals surface area contributed by atoms with Crippen molar-refractivity contribution >= 4 is 40.2 Å². The Balaban J connectivity index is 1.54. The Morgan fingerprint density at radius 2 is 2.00 bits per heavy atom. The van der Waals surface area contributed by atoms with Crippen molar-refractivity contribution in [1.82, 2.24) is 19.9 Å². The van der Waals surface area contributed by atoms with Gasteiger partial charge in [-0.2, -0.15) is 0 Å². The van der Waals surface area contributed by atoms with Crippen molar-refractivity contribution in [2.24, 2.45) is 5.73 Å². The number of primary amides is 1. The van der Waals surface area contributed by atoms with E-state index in [1.165, 1.54) is 34.8 Å². The summed E-state index contributed by atoms with van der Waals surface area (Å²) < 4.78 is 5.66. The third-order valence-electron chi connectivity index (χ3n) is 4.89. The lowest BCUT2D eigenvalue weighted by atomic mass is 10.1. The molecule has 3 aromatic heterocycles. The van der Waals surface area contributed by atoms with Gasteiger partial charge in [0.2, 0.25) is 0 Å². The van der Waals surface area contributed by atoms with E-state index >= 15 is 0 Å². The minimum atomic E-state index is -0.604. The summed E-state index contributed by atoms with van der Waals surface area (Å²) in [6, 6.07) is 4.15. The Kier molecular flexibility index (Phi) is 6.74. The highest BCUT2D eigenvalue weighted by Crippen LogP contribution is 2.36. The van der Waals surface area contributed by atoms with Crippen molar-refractivity contribution in [2.75, 3.05) is 23.7 Å². The summed E-state index contributed by atoms with van der Waals surface area (Å²) in [7, 11) is 0. The second kappa shape index (κ2) is 10.0. The SMILES string of the molecule is NC(=O)N1CCCC(OC(=O)c2cc(-c3cccnc3)sc2NC(=O)Nc2cnccn2)C1. The number of likely N-dealkylation sites (tertiary alicyclic amines) is 1. The topological polar surface area (TPSA) is 152 Å². The minimum absolute atomic E-state index is 0.198. The fraction of sp³-hybridized carbons (Fsp3) is 0.238. The lowest BCUT2D eigenvalue weighted by Crippen LogP contribution is -2.46. The molecule has 4 amide bonds. The maximum atomic E-state index is 13.0. The zero-order valence-corrected chi connectivity index (χ0v) is 18.2. The molecule has 0 spiro atoms. The summed E-state index contributed by atoms with van der Waals surface area (Å²) in [5.74, 6) is -0.343. The summed E-state index contributed by atoms with van der Waals surface area (Å²) in [5.41, 5.74) is 6.35. The predicted molar refractivity (Wildman–Crippen MR) is 122 cm³/mol. The maximum absolute atomic E-state index is 13.0. The molecule has 1 aliphatic heterocycles. The van der Waals surface area contributed by atoms with E-state index in [-0.39, 0.29) is 17.9 Å². The van der Waals surface area contributed by atoms with E-state index in [1.54, 1.807) is 24.5 Å². The lowest BCUT2D eigenvalue weighted by Gasteiger charge is -2.31. The van der Waals surface area contributed by atoms with Crippen LogP contribution in [0.1, 0.15) is 23.2 Å². The van der Waals surface area contributed by atoms with Gasteiger partial charge < -0.3 is 15.4 Å². The Morgan fingerprint density at radius 1 is 1.15 bits per heavy atom. The zero-order valence-electron chi connectivity index (χ0n) is 17.4. The van der Waals surface area contributed by atoms with Crippen LogP contribution in [0.5, 0.6) is 0 Å². The van der Waals surface area contributed by atoms with E-state index in [0.29, 0.717) is 24.4 Å². The molecule has 1 unspecified atom stereocenters. The fourth-order valence-electron chi connectivity index (χ4n) is 3.35. The number of hydrogen-bond donors (Lipinski definition) is 3. The van der Waals surface area contributed by atoms with Crippen molar-refractivity contribution in [3.63, 3.8) is 0 Å². The van der Waals surface area contributed by atoms with Crippen LogP contribution in [0.4, 0.5) is 20.4 Å². The van der Waals surface area contributed by atoms with Gasteiger partial charge in [-0.1, -0.05) is 6.07 Å². The summed E-state index contributed by atoms with van der Waals surface area (Å²) >= 11 is 1.21. The van der Waals surface area contributed by atoms with E-state index < -0.39 is 24.1 Å². The summed E-state index contributed by atoms with van der Waals surface area (Å²) in [6.07, 6.45) is 8.45. The summed E-state index contributed by atoms with van der Waals surface area (Å²) in [5, 5.41) is 5.56. The molecule has 1 aliphatic rings. The third kappa shape index (κ3) is 5.60. The van der Waals surface area contributed by atoms with E-state index in [2.05, 4.69) is 25.6 Å². The van der Waals surface area contributed by atoms with Crippen LogP contribution in [0.2, 0.25) is 0 Å². The first kappa shape index (κ1) is 22.1. The molecule has 11 nitrogen and oxygen atoms in total. The minimum Gasteiger partial charge on any atom is -0.457 e. The number of nitrogens with two attached hydrogens (primary N) is 1. The first-order valence-electron chi connectivity index (χ1n) is 10.1. The molecular formula is C21H21N7O4S. The molecule has 1 fully saturated rings. The van der Waals surface area contributed by atoms with Crippen LogP contribution in [0.15, 0.2) is 49.2 Å². The van der Waals surface area contributed by atoms with Crippen LogP contribution in [0.3, 0.4) is 0 Å². The Bertz CT molecular complexity index is 1140. The van der Waals surface area contributed by atoms with Crippen LogP contribution < -0.4 is 16.4 Å². The number of pyridine rings is 1. The molecule has 3 aromatic rings. The third-order valence-corrected chi connectivity index (χ3v) is 5.99. The number of nitrogens with zero attached hydrogens (tertiary/aromatic N) is 4.